The molecule has 18 heavy (non-hydrogen) atoms. The lowest BCUT2D eigenvalue weighted by Gasteiger charge is -2.09. The van der Waals surface area contributed by atoms with E-state index >= 15 is 0 Å². The molecule has 0 bridgehead atoms. The minimum absolute atomic E-state index is 0.0606. The second kappa shape index (κ2) is 5.10. The van der Waals surface area contributed by atoms with Crippen LogP contribution in [0.4, 0.5) is 5.69 Å². The van der Waals surface area contributed by atoms with Gasteiger partial charge in [0.05, 0.1) is 0 Å². The fourth-order valence-corrected chi connectivity index (χ4v) is 1.74. The third-order valence-electron chi connectivity index (χ3n) is 2.56. The highest BCUT2D eigenvalue weighted by atomic mass is 35.5. The Labute approximate surface area is 110 Å². The van der Waals surface area contributed by atoms with Gasteiger partial charge in [0, 0.05) is 16.3 Å². The van der Waals surface area contributed by atoms with Crippen LogP contribution in [0.3, 0.4) is 0 Å². The molecule has 0 aliphatic rings. The van der Waals surface area contributed by atoms with Crippen LogP contribution < -0.4 is 5.32 Å². The molecule has 0 radical (unpaired) electrons. The molecule has 0 heterocycles. The lowest BCUT2D eigenvalue weighted by molar-refractivity contribution is 0.102. The van der Waals surface area contributed by atoms with Gasteiger partial charge >= 0.3 is 0 Å². The summed E-state index contributed by atoms with van der Waals surface area (Å²) in [5.74, 6) is -0.221. The summed E-state index contributed by atoms with van der Waals surface area (Å²) in [5.41, 5.74) is 1.98. The highest BCUT2D eigenvalue weighted by molar-refractivity contribution is 6.31. The number of hydrogen-bond donors (Lipinski definition) is 2. The van der Waals surface area contributed by atoms with Crippen LogP contribution in [-0.4, -0.2) is 11.0 Å². The second-order valence-corrected chi connectivity index (χ2v) is 4.40. The van der Waals surface area contributed by atoms with Gasteiger partial charge in [-0.3, -0.25) is 4.79 Å². The maximum absolute atomic E-state index is 12.0. The van der Waals surface area contributed by atoms with E-state index < -0.39 is 0 Å². The summed E-state index contributed by atoms with van der Waals surface area (Å²) in [7, 11) is 0. The standard InChI is InChI=1S/C14H12ClNO2/c1-9-5-6-11(15)8-13(9)16-14(18)10-3-2-4-12(17)7-10/h2-8,17H,1H3,(H,16,18). The average Bonchev–Trinajstić information content (AvgIpc) is 2.34. The molecule has 0 spiro atoms. The van der Waals surface area contributed by atoms with Crippen LogP contribution in [0, 0.1) is 6.92 Å². The third kappa shape index (κ3) is 2.81. The Morgan fingerprint density at radius 3 is 2.72 bits per heavy atom. The van der Waals surface area contributed by atoms with Crippen molar-refractivity contribution in [3.63, 3.8) is 0 Å². The molecule has 2 aromatic rings. The van der Waals surface area contributed by atoms with Crippen molar-refractivity contribution < 1.29 is 9.90 Å². The van der Waals surface area contributed by atoms with Crippen molar-refractivity contribution >= 4 is 23.2 Å². The number of aryl methyl sites for hydroxylation is 1. The van der Waals surface area contributed by atoms with E-state index in [0.717, 1.165) is 5.56 Å². The van der Waals surface area contributed by atoms with Crippen molar-refractivity contribution in [3.05, 3.63) is 58.6 Å². The highest BCUT2D eigenvalue weighted by Gasteiger charge is 2.08. The zero-order valence-corrected chi connectivity index (χ0v) is 10.5. The SMILES string of the molecule is Cc1ccc(Cl)cc1NC(=O)c1cccc(O)c1. The number of carbonyl (C=O) groups is 1. The Hall–Kier alpha value is -2.00. The number of benzene rings is 2. The van der Waals surface area contributed by atoms with Crippen molar-refractivity contribution in [3.8, 4) is 5.75 Å². The highest BCUT2D eigenvalue weighted by Crippen LogP contribution is 2.21. The number of aromatic hydroxyl groups is 1. The van der Waals surface area contributed by atoms with E-state index in [9.17, 15) is 9.90 Å². The first-order chi connectivity index (χ1) is 8.56. The van der Waals surface area contributed by atoms with Gasteiger partial charge in [-0.05, 0) is 42.8 Å². The normalized spacial score (nSPS) is 10.1. The molecule has 0 atom stereocenters. The van der Waals surface area contributed by atoms with Gasteiger partial charge < -0.3 is 10.4 Å². The molecule has 2 aromatic carbocycles. The van der Waals surface area contributed by atoms with Crippen molar-refractivity contribution in [2.24, 2.45) is 0 Å². The van der Waals surface area contributed by atoms with Gasteiger partial charge in [-0.25, -0.2) is 0 Å². The second-order valence-electron chi connectivity index (χ2n) is 3.96. The van der Waals surface area contributed by atoms with Crippen LogP contribution in [0.2, 0.25) is 5.02 Å². The molecule has 0 saturated carbocycles. The Morgan fingerprint density at radius 1 is 1.22 bits per heavy atom. The smallest absolute Gasteiger partial charge is 0.255 e. The topological polar surface area (TPSA) is 49.3 Å². The summed E-state index contributed by atoms with van der Waals surface area (Å²) < 4.78 is 0. The van der Waals surface area contributed by atoms with Crippen molar-refractivity contribution in [1.82, 2.24) is 0 Å². The molecule has 0 aromatic heterocycles. The van der Waals surface area contributed by atoms with Crippen LogP contribution in [0.1, 0.15) is 15.9 Å². The summed E-state index contributed by atoms with van der Waals surface area (Å²) in [5, 5.41) is 12.6. The fraction of sp³-hybridized carbons (Fsp3) is 0.0714. The molecule has 4 heteroatoms. The number of amides is 1. The molecule has 3 nitrogen and oxygen atoms in total. The number of hydrogen-bond acceptors (Lipinski definition) is 2. The number of rotatable bonds is 2. The lowest BCUT2D eigenvalue weighted by Crippen LogP contribution is -2.12. The number of halogens is 1. The first-order valence-corrected chi connectivity index (χ1v) is 5.80. The molecular formula is C14H12ClNO2. The summed E-state index contributed by atoms with van der Waals surface area (Å²) in [6.07, 6.45) is 0. The van der Waals surface area contributed by atoms with Crippen LogP contribution in [0.15, 0.2) is 42.5 Å². The van der Waals surface area contributed by atoms with Crippen LogP contribution in [-0.2, 0) is 0 Å². The summed E-state index contributed by atoms with van der Waals surface area (Å²) in [6, 6.07) is 11.5. The van der Waals surface area contributed by atoms with E-state index in [1.54, 1.807) is 24.3 Å². The number of phenols is 1. The van der Waals surface area contributed by atoms with Gasteiger partial charge in [0.15, 0.2) is 0 Å². The third-order valence-corrected chi connectivity index (χ3v) is 2.79. The zero-order chi connectivity index (χ0) is 13.1. The average molecular weight is 262 g/mol. The van der Waals surface area contributed by atoms with Gasteiger partial charge in [-0.15, -0.1) is 0 Å². The van der Waals surface area contributed by atoms with Crippen molar-refractivity contribution in [2.45, 2.75) is 6.92 Å². The van der Waals surface area contributed by atoms with Gasteiger partial charge in [0.25, 0.3) is 5.91 Å². The Morgan fingerprint density at radius 2 is 2.00 bits per heavy atom. The predicted molar refractivity (Wildman–Crippen MR) is 72.2 cm³/mol. The van der Waals surface area contributed by atoms with E-state index in [-0.39, 0.29) is 11.7 Å². The number of carbonyl (C=O) groups excluding carboxylic acids is 1. The van der Waals surface area contributed by atoms with Gasteiger partial charge in [0.1, 0.15) is 5.75 Å². The summed E-state index contributed by atoms with van der Waals surface area (Å²) >= 11 is 5.88. The van der Waals surface area contributed by atoms with E-state index in [1.807, 2.05) is 13.0 Å². The predicted octanol–water partition coefficient (Wildman–Crippen LogP) is 3.61. The van der Waals surface area contributed by atoms with Crippen molar-refractivity contribution in [1.29, 1.82) is 0 Å². The number of nitrogens with one attached hydrogen (secondary N) is 1. The van der Waals surface area contributed by atoms with Crippen LogP contribution >= 0.6 is 11.6 Å². The maximum Gasteiger partial charge on any atom is 0.255 e. The molecular weight excluding hydrogens is 250 g/mol. The monoisotopic (exact) mass is 261 g/mol. The Kier molecular flexibility index (Phi) is 3.53. The summed E-state index contributed by atoms with van der Waals surface area (Å²) in [6.45, 7) is 1.88. The molecule has 0 aliphatic carbocycles. The minimum Gasteiger partial charge on any atom is -0.508 e. The van der Waals surface area contributed by atoms with Crippen LogP contribution in [0.25, 0.3) is 0 Å². The molecule has 2 rings (SSSR count). The lowest BCUT2D eigenvalue weighted by atomic mass is 10.1. The maximum atomic E-state index is 12.0. The molecule has 0 saturated heterocycles. The largest absolute Gasteiger partial charge is 0.508 e. The molecule has 92 valence electrons. The first-order valence-electron chi connectivity index (χ1n) is 5.43. The van der Waals surface area contributed by atoms with E-state index in [4.69, 9.17) is 11.6 Å². The van der Waals surface area contributed by atoms with Crippen molar-refractivity contribution in [2.75, 3.05) is 5.32 Å². The summed E-state index contributed by atoms with van der Waals surface area (Å²) in [4.78, 5) is 12.0. The molecule has 0 unspecified atom stereocenters. The van der Waals surface area contributed by atoms with Gasteiger partial charge in [-0.2, -0.15) is 0 Å². The minimum atomic E-state index is -0.281. The van der Waals surface area contributed by atoms with Gasteiger partial charge in [-0.1, -0.05) is 23.7 Å². The molecule has 0 aliphatic heterocycles. The Bertz CT molecular complexity index is 596. The van der Waals surface area contributed by atoms with Gasteiger partial charge in [0.2, 0.25) is 0 Å². The number of anilines is 1. The fourth-order valence-electron chi connectivity index (χ4n) is 1.57. The quantitative estimate of drug-likeness (QED) is 0.868. The van der Waals surface area contributed by atoms with Crippen LogP contribution in [0.5, 0.6) is 5.75 Å². The first kappa shape index (κ1) is 12.5. The molecule has 0 fully saturated rings. The van der Waals surface area contributed by atoms with E-state index in [1.165, 1.54) is 12.1 Å². The molecule has 2 N–H and O–H groups in total. The van der Waals surface area contributed by atoms with E-state index in [2.05, 4.69) is 5.32 Å². The Balaban J connectivity index is 2.24. The van der Waals surface area contributed by atoms with E-state index in [0.29, 0.717) is 16.3 Å². The zero-order valence-electron chi connectivity index (χ0n) is 9.77. The number of phenolic OH excluding ortho intramolecular Hbond substituents is 1. The molecule has 1 amide bonds.